The third-order valence-corrected chi connectivity index (χ3v) is 6.70. The third-order valence-electron chi connectivity index (χ3n) is 6.70. The Morgan fingerprint density at radius 3 is 2.61 bits per heavy atom. The molecule has 1 aliphatic heterocycles. The molecule has 2 atom stereocenters. The SMILES string of the molecule is CC(F)(F)CCN1CCC(CNC[C@H](O)COc2cccc3c2-c2ccccc2C3O)CC1. The Kier molecular flexibility index (Phi) is 7.64. The van der Waals surface area contributed by atoms with Gasteiger partial charge in [0.2, 0.25) is 5.92 Å². The highest BCUT2D eigenvalue weighted by atomic mass is 19.3. The Balaban J connectivity index is 1.20. The van der Waals surface area contributed by atoms with Gasteiger partial charge < -0.3 is 25.2 Å². The Bertz CT molecular complexity index is 926. The van der Waals surface area contributed by atoms with Crippen molar-refractivity contribution in [3.05, 3.63) is 53.6 Å². The number of rotatable bonds is 10. The molecule has 1 fully saturated rings. The lowest BCUT2D eigenvalue weighted by Crippen LogP contribution is -2.40. The van der Waals surface area contributed by atoms with Gasteiger partial charge >= 0.3 is 0 Å². The van der Waals surface area contributed by atoms with Crippen molar-refractivity contribution < 1.29 is 23.7 Å². The minimum absolute atomic E-state index is 0.0860. The molecule has 0 spiro atoms. The number of halogens is 2. The fourth-order valence-corrected chi connectivity index (χ4v) is 4.78. The first-order valence-electron chi connectivity index (χ1n) is 11.8. The van der Waals surface area contributed by atoms with E-state index in [1.165, 1.54) is 0 Å². The lowest BCUT2D eigenvalue weighted by Gasteiger charge is -2.32. The van der Waals surface area contributed by atoms with Crippen molar-refractivity contribution in [1.82, 2.24) is 10.2 Å². The number of piperidine rings is 1. The van der Waals surface area contributed by atoms with Gasteiger partial charge in [-0.3, -0.25) is 0 Å². The predicted molar refractivity (Wildman–Crippen MR) is 125 cm³/mol. The van der Waals surface area contributed by atoms with Gasteiger partial charge in [-0.05, 0) is 68.1 Å². The van der Waals surface area contributed by atoms with Crippen LogP contribution in [0.2, 0.25) is 0 Å². The summed E-state index contributed by atoms with van der Waals surface area (Å²) in [6.07, 6.45) is 0.558. The van der Waals surface area contributed by atoms with Crippen LogP contribution < -0.4 is 10.1 Å². The maximum atomic E-state index is 13.0. The van der Waals surface area contributed by atoms with Crippen LogP contribution in [-0.4, -0.2) is 66.5 Å². The Morgan fingerprint density at radius 1 is 1.12 bits per heavy atom. The highest BCUT2D eigenvalue weighted by molar-refractivity contribution is 5.82. The number of hydrogen-bond acceptors (Lipinski definition) is 5. The fraction of sp³-hybridized carbons (Fsp3) is 0.538. The summed E-state index contributed by atoms with van der Waals surface area (Å²) in [6.45, 7) is 4.51. The van der Waals surface area contributed by atoms with Crippen LogP contribution in [-0.2, 0) is 0 Å². The van der Waals surface area contributed by atoms with E-state index < -0.39 is 18.1 Å². The minimum atomic E-state index is -2.60. The van der Waals surface area contributed by atoms with E-state index in [9.17, 15) is 19.0 Å². The monoisotopic (exact) mass is 460 g/mol. The first kappa shape index (κ1) is 24.1. The number of likely N-dealkylation sites (tertiary alicyclic amines) is 1. The summed E-state index contributed by atoms with van der Waals surface area (Å²) in [6, 6.07) is 13.4. The first-order valence-corrected chi connectivity index (χ1v) is 11.8. The van der Waals surface area contributed by atoms with Gasteiger partial charge in [-0.1, -0.05) is 36.4 Å². The van der Waals surface area contributed by atoms with Crippen LogP contribution in [0, 0.1) is 5.92 Å². The molecule has 0 aromatic heterocycles. The normalized spacial score (nSPS) is 19.8. The van der Waals surface area contributed by atoms with Crippen molar-refractivity contribution >= 4 is 0 Å². The Hall–Kier alpha value is -2.06. The molecule has 0 radical (unpaired) electrons. The van der Waals surface area contributed by atoms with Gasteiger partial charge in [0.05, 0.1) is 0 Å². The van der Waals surface area contributed by atoms with Crippen LogP contribution in [0.3, 0.4) is 0 Å². The van der Waals surface area contributed by atoms with Gasteiger partial charge in [0, 0.05) is 25.1 Å². The molecule has 4 rings (SSSR count). The molecule has 2 aromatic rings. The lowest BCUT2D eigenvalue weighted by molar-refractivity contribution is 0.000257. The van der Waals surface area contributed by atoms with E-state index in [4.69, 9.17) is 4.74 Å². The Labute approximate surface area is 194 Å². The number of nitrogens with zero attached hydrogens (tertiary/aromatic N) is 1. The summed E-state index contributed by atoms with van der Waals surface area (Å²) < 4.78 is 32.0. The molecule has 5 nitrogen and oxygen atoms in total. The molecule has 180 valence electrons. The quantitative estimate of drug-likeness (QED) is 0.503. The summed E-state index contributed by atoms with van der Waals surface area (Å²) in [5, 5.41) is 24.3. The topological polar surface area (TPSA) is 65.0 Å². The van der Waals surface area contributed by atoms with Gasteiger partial charge in [0.25, 0.3) is 0 Å². The molecule has 0 bridgehead atoms. The average molecular weight is 461 g/mol. The zero-order valence-corrected chi connectivity index (χ0v) is 19.1. The van der Waals surface area contributed by atoms with Crippen LogP contribution in [0.4, 0.5) is 8.78 Å². The molecule has 1 unspecified atom stereocenters. The predicted octanol–water partition coefficient (Wildman–Crippen LogP) is 3.84. The maximum Gasteiger partial charge on any atom is 0.246 e. The van der Waals surface area contributed by atoms with Crippen LogP contribution in [0.25, 0.3) is 11.1 Å². The van der Waals surface area contributed by atoms with Crippen molar-refractivity contribution in [3.8, 4) is 16.9 Å². The molecule has 3 N–H and O–H groups in total. The number of alkyl halides is 2. The number of fused-ring (bicyclic) bond motifs is 3. The van der Waals surface area contributed by atoms with Crippen LogP contribution in [0.5, 0.6) is 5.75 Å². The standard InChI is InChI=1S/C26H34F2N2O3/c1-26(27,28)11-14-30-12-9-18(10-13-30)15-29-16-19(31)17-33-23-8-4-7-22-24(23)20-5-2-3-6-21(20)25(22)32/h2-8,18-19,25,29,31-32H,9-17H2,1H3/t19-,25?/m0/s1. The molecule has 0 saturated carbocycles. The average Bonchev–Trinajstić information content (AvgIpc) is 3.10. The number of hydrogen-bond donors (Lipinski definition) is 3. The molecule has 33 heavy (non-hydrogen) atoms. The number of nitrogens with one attached hydrogen (secondary N) is 1. The van der Waals surface area contributed by atoms with Gasteiger partial charge in [-0.2, -0.15) is 0 Å². The molecule has 1 aliphatic carbocycles. The van der Waals surface area contributed by atoms with Gasteiger partial charge in [0.15, 0.2) is 0 Å². The van der Waals surface area contributed by atoms with Crippen LogP contribution in [0.1, 0.15) is 43.4 Å². The zero-order chi connectivity index (χ0) is 23.4. The van der Waals surface area contributed by atoms with E-state index in [1.807, 2.05) is 42.5 Å². The van der Waals surface area contributed by atoms with Crippen molar-refractivity contribution in [2.45, 2.75) is 44.3 Å². The van der Waals surface area contributed by atoms with Crippen molar-refractivity contribution in [3.63, 3.8) is 0 Å². The second-order valence-corrected chi connectivity index (χ2v) is 9.44. The van der Waals surface area contributed by atoms with E-state index in [1.54, 1.807) is 0 Å². The van der Waals surface area contributed by atoms with E-state index >= 15 is 0 Å². The van der Waals surface area contributed by atoms with E-state index in [0.717, 1.165) is 61.7 Å². The van der Waals surface area contributed by atoms with Gasteiger partial charge in [0.1, 0.15) is 24.6 Å². The largest absolute Gasteiger partial charge is 0.490 e. The number of benzene rings is 2. The number of ether oxygens (including phenoxy) is 1. The number of aliphatic hydroxyl groups excluding tert-OH is 2. The highest BCUT2D eigenvalue weighted by Crippen LogP contribution is 2.47. The molecule has 7 heteroatoms. The van der Waals surface area contributed by atoms with Crippen molar-refractivity contribution in [1.29, 1.82) is 0 Å². The zero-order valence-electron chi connectivity index (χ0n) is 19.1. The van der Waals surface area contributed by atoms with E-state index in [0.29, 0.717) is 24.8 Å². The Morgan fingerprint density at radius 2 is 1.85 bits per heavy atom. The molecular formula is C26H34F2N2O3. The van der Waals surface area contributed by atoms with Crippen molar-refractivity contribution in [2.24, 2.45) is 5.92 Å². The summed E-state index contributed by atoms with van der Waals surface area (Å²) in [7, 11) is 0. The molecule has 2 aromatic carbocycles. The minimum Gasteiger partial charge on any atom is -0.490 e. The van der Waals surface area contributed by atoms with Crippen LogP contribution >= 0.6 is 0 Å². The van der Waals surface area contributed by atoms with Gasteiger partial charge in [-0.15, -0.1) is 0 Å². The summed E-state index contributed by atoms with van der Waals surface area (Å²) in [5.41, 5.74) is 3.57. The molecule has 1 saturated heterocycles. The molecule has 1 heterocycles. The van der Waals surface area contributed by atoms with Gasteiger partial charge in [-0.25, -0.2) is 8.78 Å². The summed E-state index contributed by atoms with van der Waals surface area (Å²) in [4.78, 5) is 2.12. The summed E-state index contributed by atoms with van der Waals surface area (Å²) in [5.74, 6) is -1.44. The number of aliphatic hydroxyl groups is 2. The molecule has 2 aliphatic rings. The fourth-order valence-electron chi connectivity index (χ4n) is 4.78. The van der Waals surface area contributed by atoms with Crippen LogP contribution in [0.15, 0.2) is 42.5 Å². The van der Waals surface area contributed by atoms with E-state index in [2.05, 4.69) is 10.2 Å². The second-order valence-electron chi connectivity index (χ2n) is 9.44. The molecule has 0 amide bonds. The van der Waals surface area contributed by atoms with Crippen molar-refractivity contribution in [2.75, 3.05) is 39.3 Å². The van der Waals surface area contributed by atoms with E-state index in [-0.39, 0.29) is 13.0 Å². The second kappa shape index (κ2) is 10.5. The maximum absolute atomic E-state index is 13.0. The lowest BCUT2D eigenvalue weighted by atomic mass is 9.96. The smallest absolute Gasteiger partial charge is 0.246 e. The summed E-state index contributed by atoms with van der Waals surface area (Å²) >= 11 is 0. The third kappa shape index (κ3) is 6.09. The highest BCUT2D eigenvalue weighted by Gasteiger charge is 2.29. The first-order chi connectivity index (χ1) is 15.8. The molecular weight excluding hydrogens is 426 g/mol.